The van der Waals surface area contributed by atoms with Gasteiger partial charge in [0.05, 0.1) is 5.54 Å². The van der Waals surface area contributed by atoms with Gasteiger partial charge in [-0.2, -0.15) is 0 Å². The normalized spacial score (nSPS) is 11.6. The first-order valence-corrected chi connectivity index (χ1v) is 13.1. The van der Waals surface area contributed by atoms with Gasteiger partial charge >= 0.3 is 35.6 Å². The van der Waals surface area contributed by atoms with Crippen LogP contribution in [0.15, 0.2) is 41.4 Å². The van der Waals surface area contributed by atoms with Crippen molar-refractivity contribution < 1.29 is 22.1 Å². The molecule has 0 aliphatic carbocycles. The summed E-state index contributed by atoms with van der Waals surface area (Å²) < 4.78 is 0. The Morgan fingerprint density at radius 1 is 1.00 bits per heavy atom. The average molecular weight is 432 g/mol. The monoisotopic (exact) mass is 431 g/mol. The molecule has 0 saturated carbocycles. The molecule has 134 valence electrons. The summed E-state index contributed by atoms with van der Waals surface area (Å²) in [5.41, 5.74) is 3.43. The van der Waals surface area contributed by atoms with E-state index in [0.29, 0.717) is 14.3 Å². The van der Waals surface area contributed by atoms with E-state index in [1.54, 1.807) is 6.07 Å². The van der Waals surface area contributed by atoms with Crippen molar-refractivity contribution in [2.45, 2.75) is 40.2 Å². The van der Waals surface area contributed by atoms with E-state index in [1.165, 1.54) is 10.9 Å². The van der Waals surface area contributed by atoms with Crippen molar-refractivity contribution >= 4 is 44.0 Å². The molecule has 0 heterocycles. The predicted octanol–water partition coefficient (Wildman–Crippen LogP) is 5.23. The summed E-state index contributed by atoms with van der Waals surface area (Å²) in [7, 11) is 10.2. The Morgan fingerprint density at radius 3 is 2.16 bits per heavy atom. The fourth-order valence-electron chi connectivity index (χ4n) is 2.06. The van der Waals surface area contributed by atoms with Crippen LogP contribution in [0.3, 0.4) is 0 Å². The van der Waals surface area contributed by atoms with E-state index in [1.807, 2.05) is 19.2 Å². The quantitative estimate of drug-likeness (QED) is 0.402. The predicted molar refractivity (Wildman–Crippen MR) is 111 cm³/mol. The van der Waals surface area contributed by atoms with Gasteiger partial charge in [-0.15, -0.1) is 0 Å². The standard InChI is InChI=1S/C19H24NOP.2ClH.Ti/c1-13-7-9-17(15(10-13)12-20-19(3,4)5)22-18-11-14(2)6-8-16(18)21;;;/h6-12,21-22H,1-5H3;2*1H;/q;;;+2/p-2. The first-order chi connectivity index (χ1) is 11.7. The van der Waals surface area contributed by atoms with E-state index >= 15 is 0 Å². The molecule has 2 aromatic rings. The Kier molecular flexibility index (Phi) is 9.71. The topological polar surface area (TPSA) is 32.6 Å². The van der Waals surface area contributed by atoms with E-state index in [4.69, 9.17) is 18.6 Å². The molecule has 2 nitrogen and oxygen atoms in total. The zero-order valence-corrected chi connectivity index (χ0v) is 19.3. The van der Waals surface area contributed by atoms with Gasteiger partial charge in [0.25, 0.3) is 0 Å². The number of aliphatic imine (C=N–C) groups is 1. The summed E-state index contributed by atoms with van der Waals surface area (Å²) in [5, 5.41) is 12.3. The molecule has 1 atom stereocenters. The maximum absolute atomic E-state index is 10.1. The summed E-state index contributed by atoms with van der Waals surface area (Å²) in [6.07, 6.45) is 1.96. The van der Waals surface area contributed by atoms with E-state index in [-0.39, 0.29) is 5.54 Å². The number of phenolic OH excluding ortho intramolecular Hbond substituents is 1. The van der Waals surface area contributed by atoms with Gasteiger partial charge in [-0.1, -0.05) is 37.9 Å². The van der Waals surface area contributed by atoms with Crippen LogP contribution in [0, 0.1) is 13.8 Å². The van der Waals surface area contributed by atoms with Crippen molar-refractivity contribution in [3.63, 3.8) is 0 Å². The molecule has 25 heavy (non-hydrogen) atoms. The van der Waals surface area contributed by atoms with Gasteiger partial charge in [-0.3, -0.25) is 4.99 Å². The zero-order chi connectivity index (χ0) is 19.0. The number of hydrogen-bond acceptors (Lipinski definition) is 2. The number of nitrogens with zero attached hydrogens (tertiary/aromatic N) is 1. The number of phenols is 1. The molecule has 1 unspecified atom stereocenters. The summed E-state index contributed by atoms with van der Waals surface area (Å²) in [5.74, 6) is 0.364. The minimum atomic E-state index is -0.556. The molecule has 0 fully saturated rings. The Hall–Kier alpha value is -0.366. The SMILES string of the molecule is Cc1ccc(Pc2cc(C)ccc2O)c(C=NC(C)(C)C)c1.[Cl][Ti][Cl]. The number of rotatable bonds is 3. The van der Waals surface area contributed by atoms with Crippen molar-refractivity contribution in [1.82, 2.24) is 0 Å². The third-order valence-electron chi connectivity index (χ3n) is 3.22. The van der Waals surface area contributed by atoms with Crippen LogP contribution in [0.4, 0.5) is 0 Å². The second kappa shape index (κ2) is 10.7. The molecular formula is C19H24Cl2NOPTi. The van der Waals surface area contributed by atoms with Crippen molar-refractivity contribution in [3.05, 3.63) is 53.1 Å². The minimum absolute atomic E-state index is 0.0877. The first kappa shape index (κ1) is 22.7. The Labute approximate surface area is 169 Å². The van der Waals surface area contributed by atoms with Crippen LogP contribution in [0.25, 0.3) is 0 Å². The van der Waals surface area contributed by atoms with Gasteiger partial charge < -0.3 is 5.11 Å². The van der Waals surface area contributed by atoms with E-state index in [9.17, 15) is 5.11 Å². The maximum atomic E-state index is 10.1. The van der Waals surface area contributed by atoms with Crippen LogP contribution < -0.4 is 10.6 Å². The van der Waals surface area contributed by atoms with Crippen LogP contribution in [-0.2, 0) is 17.0 Å². The summed E-state index contributed by atoms with van der Waals surface area (Å²) in [6.45, 7) is 10.4. The van der Waals surface area contributed by atoms with E-state index in [0.717, 1.165) is 16.4 Å². The van der Waals surface area contributed by atoms with Crippen LogP contribution in [0.1, 0.15) is 37.5 Å². The third-order valence-corrected chi connectivity index (χ3v) is 4.61. The van der Waals surface area contributed by atoms with Crippen molar-refractivity contribution in [1.29, 1.82) is 0 Å². The summed E-state index contributed by atoms with van der Waals surface area (Å²) in [4.78, 5) is 4.63. The third kappa shape index (κ3) is 8.71. The fraction of sp³-hybridized carbons (Fsp3) is 0.316. The Bertz CT molecular complexity index is 730. The van der Waals surface area contributed by atoms with Crippen molar-refractivity contribution in [2.24, 2.45) is 4.99 Å². The van der Waals surface area contributed by atoms with Gasteiger partial charge in [-0.05, 0) is 58.1 Å². The molecule has 0 saturated heterocycles. The number of hydrogen-bond donors (Lipinski definition) is 1. The number of halogens is 2. The number of aromatic hydroxyl groups is 1. The molecule has 0 aliphatic heterocycles. The molecule has 1 N–H and O–H groups in total. The summed E-state index contributed by atoms with van der Waals surface area (Å²) >= 11 is -0.556. The molecule has 6 heteroatoms. The second-order valence-electron chi connectivity index (χ2n) is 6.74. The zero-order valence-electron chi connectivity index (χ0n) is 15.2. The van der Waals surface area contributed by atoms with Gasteiger partial charge in [0.2, 0.25) is 0 Å². The molecular weight excluding hydrogens is 408 g/mol. The van der Waals surface area contributed by atoms with Gasteiger partial charge in [0.1, 0.15) is 5.75 Å². The van der Waals surface area contributed by atoms with Crippen LogP contribution >= 0.6 is 27.2 Å². The number of aryl methyl sites for hydroxylation is 2. The van der Waals surface area contributed by atoms with Crippen LogP contribution in [0.5, 0.6) is 5.75 Å². The summed E-state index contributed by atoms with van der Waals surface area (Å²) in [6, 6.07) is 12.2. The molecule has 0 aromatic heterocycles. The molecule has 0 amide bonds. The average Bonchev–Trinajstić information content (AvgIpc) is 2.51. The van der Waals surface area contributed by atoms with Gasteiger partial charge in [0.15, 0.2) is 0 Å². The molecule has 2 rings (SSSR count). The molecule has 0 bridgehead atoms. The van der Waals surface area contributed by atoms with Gasteiger partial charge in [0, 0.05) is 17.1 Å². The van der Waals surface area contributed by atoms with E-state index in [2.05, 4.69) is 57.0 Å². The van der Waals surface area contributed by atoms with Crippen LogP contribution in [0.2, 0.25) is 0 Å². The second-order valence-corrected chi connectivity index (χ2v) is 10.6. The fourth-order valence-corrected chi connectivity index (χ4v) is 3.31. The molecule has 0 radical (unpaired) electrons. The van der Waals surface area contributed by atoms with Gasteiger partial charge in [-0.25, -0.2) is 0 Å². The molecule has 0 aliphatic rings. The Morgan fingerprint density at radius 2 is 1.56 bits per heavy atom. The van der Waals surface area contributed by atoms with E-state index < -0.39 is 17.0 Å². The molecule has 0 spiro atoms. The van der Waals surface area contributed by atoms with Crippen molar-refractivity contribution in [3.8, 4) is 5.75 Å². The Balaban J connectivity index is 0.000000970. The number of benzene rings is 2. The van der Waals surface area contributed by atoms with Crippen molar-refractivity contribution in [2.75, 3.05) is 0 Å². The molecule has 2 aromatic carbocycles. The van der Waals surface area contributed by atoms with Crippen LogP contribution in [-0.4, -0.2) is 16.9 Å². The first-order valence-electron chi connectivity index (χ1n) is 7.85.